The Morgan fingerprint density at radius 1 is 1.19 bits per heavy atom. The van der Waals surface area contributed by atoms with Gasteiger partial charge >= 0.3 is 5.97 Å². The van der Waals surface area contributed by atoms with Crippen molar-refractivity contribution in [2.24, 2.45) is 5.92 Å². The molecule has 0 amide bonds. The minimum atomic E-state index is -3.81. The minimum Gasteiger partial charge on any atom is -0.459 e. The smallest absolute Gasteiger partial charge is 0.310 e. The van der Waals surface area contributed by atoms with E-state index in [0.29, 0.717) is 36.7 Å². The number of benzene rings is 2. The van der Waals surface area contributed by atoms with Crippen LogP contribution in [0.2, 0.25) is 0 Å². The molecule has 1 unspecified atom stereocenters. The molecule has 1 aromatic heterocycles. The molecule has 3 aromatic rings. The number of rotatable bonds is 6. The number of ether oxygens (including phenoxy) is 1. The zero-order chi connectivity index (χ0) is 22.7. The van der Waals surface area contributed by atoms with E-state index in [4.69, 9.17) is 9.15 Å². The number of oxazole rings is 1. The number of hydrogen-bond acceptors (Lipinski definition) is 6. The Morgan fingerprint density at radius 2 is 1.91 bits per heavy atom. The number of nitrogens with zero attached hydrogens (tertiary/aromatic N) is 2. The van der Waals surface area contributed by atoms with Crippen molar-refractivity contribution in [2.45, 2.75) is 31.3 Å². The van der Waals surface area contributed by atoms with Crippen LogP contribution in [0.5, 0.6) is 0 Å². The summed E-state index contributed by atoms with van der Waals surface area (Å²) in [6, 6.07) is 14.1. The van der Waals surface area contributed by atoms with E-state index < -0.39 is 27.7 Å². The molecule has 4 rings (SSSR count). The summed E-state index contributed by atoms with van der Waals surface area (Å²) in [5.74, 6) is -0.570. The van der Waals surface area contributed by atoms with Crippen LogP contribution in [0.25, 0.3) is 11.5 Å². The molecule has 0 bridgehead atoms. The number of esters is 1. The van der Waals surface area contributed by atoms with E-state index in [2.05, 4.69) is 4.98 Å². The molecule has 0 saturated carbocycles. The van der Waals surface area contributed by atoms with Crippen molar-refractivity contribution in [2.75, 3.05) is 13.1 Å². The van der Waals surface area contributed by atoms with E-state index in [1.54, 1.807) is 6.92 Å². The highest BCUT2D eigenvalue weighted by Gasteiger charge is 2.34. The minimum absolute atomic E-state index is 0.000388. The molecule has 0 aliphatic carbocycles. The third kappa shape index (κ3) is 4.73. The Morgan fingerprint density at radius 3 is 2.62 bits per heavy atom. The predicted molar refractivity (Wildman–Crippen MR) is 114 cm³/mol. The van der Waals surface area contributed by atoms with Crippen molar-refractivity contribution in [1.82, 2.24) is 9.29 Å². The van der Waals surface area contributed by atoms with Crippen LogP contribution < -0.4 is 0 Å². The lowest BCUT2D eigenvalue weighted by Gasteiger charge is -2.30. The van der Waals surface area contributed by atoms with Gasteiger partial charge in [0.2, 0.25) is 15.9 Å². The molecule has 0 N–H and O–H groups in total. The Hall–Kier alpha value is -3.04. The summed E-state index contributed by atoms with van der Waals surface area (Å²) < 4.78 is 51.3. The highest BCUT2D eigenvalue weighted by Crippen LogP contribution is 2.26. The van der Waals surface area contributed by atoms with Crippen LogP contribution in [0.3, 0.4) is 0 Å². The Balaban J connectivity index is 1.40. The first-order valence-corrected chi connectivity index (χ1v) is 11.7. The number of piperidine rings is 1. The van der Waals surface area contributed by atoms with Crippen molar-refractivity contribution in [1.29, 1.82) is 0 Å². The van der Waals surface area contributed by atoms with Crippen LogP contribution in [-0.4, -0.2) is 36.8 Å². The third-order valence-electron chi connectivity index (χ3n) is 5.43. The Bertz CT molecular complexity index is 1190. The number of carbonyl (C=O) groups is 1. The van der Waals surface area contributed by atoms with Gasteiger partial charge in [-0.3, -0.25) is 4.79 Å². The molecular weight excluding hydrogens is 435 g/mol. The monoisotopic (exact) mass is 458 g/mol. The topological polar surface area (TPSA) is 89.7 Å². The second-order valence-electron chi connectivity index (χ2n) is 7.65. The lowest BCUT2D eigenvalue weighted by atomic mass is 10.00. The molecule has 2 heterocycles. The standard InChI is InChI=1S/C23H23FN2O5S/c1-16-21(25-22(31-16)17-6-3-2-4-7-17)15-30-23(27)18-8-5-13-26(14-18)32(28,29)20-11-9-19(24)10-12-20/h2-4,6-7,9-12,18H,5,8,13-15H2,1H3. The van der Waals surface area contributed by atoms with Gasteiger partial charge in [-0.25, -0.2) is 17.8 Å². The molecule has 7 nitrogen and oxygen atoms in total. The SMILES string of the molecule is Cc1oc(-c2ccccc2)nc1COC(=O)C1CCCN(S(=O)(=O)c2ccc(F)cc2)C1. The van der Waals surface area contributed by atoms with Crippen molar-refractivity contribution in [3.8, 4) is 11.5 Å². The van der Waals surface area contributed by atoms with Crippen LogP contribution in [0.4, 0.5) is 4.39 Å². The predicted octanol–water partition coefficient (Wildman–Crippen LogP) is 3.93. The normalized spacial score (nSPS) is 17.2. The Kier molecular flexibility index (Phi) is 6.38. The molecule has 168 valence electrons. The summed E-state index contributed by atoms with van der Waals surface area (Å²) in [6.07, 6.45) is 1.06. The number of sulfonamides is 1. The third-order valence-corrected chi connectivity index (χ3v) is 7.31. The summed E-state index contributed by atoms with van der Waals surface area (Å²) in [7, 11) is -3.81. The zero-order valence-electron chi connectivity index (χ0n) is 17.5. The molecule has 0 radical (unpaired) electrons. The van der Waals surface area contributed by atoms with Crippen LogP contribution in [-0.2, 0) is 26.2 Å². The van der Waals surface area contributed by atoms with Crippen LogP contribution in [0.1, 0.15) is 24.3 Å². The summed E-state index contributed by atoms with van der Waals surface area (Å²) in [6.45, 7) is 2.01. The maximum Gasteiger partial charge on any atom is 0.310 e. The maximum atomic E-state index is 13.2. The molecule has 1 aliphatic heterocycles. The average molecular weight is 459 g/mol. The summed E-state index contributed by atoms with van der Waals surface area (Å²) >= 11 is 0. The lowest BCUT2D eigenvalue weighted by molar-refractivity contribution is -0.151. The van der Waals surface area contributed by atoms with Crippen molar-refractivity contribution in [3.63, 3.8) is 0 Å². The molecule has 32 heavy (non-hydrogen) atoms. The summed E-state index contributed by atoms with van der Waals surface area (Å²) in [5.41, 5.74) is 1.34. The number of halogens is 1. The fourth-order valence-electron chi connectivity index (χ4n) is 3.63. The summed E-state index contributed by atoms with van der Waals surface area (Å²) in [5, 5.41) is 0. The van der Waals surface area contributed by atoms with Crippen molar-refractivity contribution >= 4 is 16.0 Å². The first kappa shape index (κ1) is 22.2. The summed E-state index contributed by atoms with van der Waals surface area (Å²) in [4.78, 5) is 17.1. The first-order valence-electron chi connectivity index (χ1n) is 10.3. The van der Waals surface area contributed by atoms with Crippen LogP contribution in [0.15, 0.2) is 63.9 Å². The van der Waals surface area contributed by atoms with E-state index >= 15 is 0 Å². The van der Waals surface area contributed by atoms with E-state index in [-0.39, 0.29) is 18.0 Å². The van der Waals surface area contributed by atoms with E-state index in [9.17, 15) is 17.6 Å². The van der Waals surface area contributed by atoms with Gasteiger partial charge in [0.1, 0.15) is 23.9 Å². The largest absolute Gasteiger partial charge is 0.459 e. The fourth-order valence-corrected chi connectivity index (χ4v) is 5.16. The lowest BCUT2D eigenvalue weighted by Crippen LogP contribution is -2.42. The maximum absolute atomic E-state index is 13.2. The first-order chi connectivity index (χ1) is 15.3. The van der Waals surface area contributed by atoms with E-state index in [1.807, 2.05) is 30.3 Å². The van der Waals surface area contributed by atoms with Crippen molar-refractivity contribution in [3.05, 3.63) is 71.9 Å². The van der Waals surface area contributed by atoms with Gasteiger partial charge in [0, 0.05) is 18.7 Å². The number of hydrogen-bond donors (Lipinski definition) is 0. The van der Waals surface area contributed by atoms with Crippen molar-refractivity contribution < 1.29 is 26.8 Å². The van der Waals surface area contributed by atoms with Gasteiger partial charge in [0.25, 0.3) is 0 Å². The van der Waals surface area contributed by atoms with Gasteiger partial charge < -0.3 is 9.15 Å². The van der Waals surface area contributed by atoms with Crippen LogP contribution in [0, 0.1) is 18.7 Å². The Labute approximate surface area is 185 Å². The second kappa shape index (κ2) is 9.22. The zero-order valence-corrected chi connectivity index (χ0v) is 18.3. The van der Waals surface area contributed by atoms with Gasteiger partial charge in [-0.05, 0) is 56.2 Å². The number of aromatic nitrogens is 1. The van der Waals surface area contributed by atoms with Gasteiger partial charge in [0.15, 0.2) is 0 Å². The highest BCUT2D eigenvalue weighted by atomic mass is 32.2. The van der Waals surface area contributed by atoms with Gasteiger partial charge in [0.05, 0.1) is 10.8 Å². The average Bonchev–Trinajstić information content (AvgIpc) is 3.19. The van der Waals surface area contributed by atoms with E-state index in [1.165, 1.54) is 16.4 Å². The molecule has 2 aromatic carbocycles. The molecule has 1 aliphatic rings. The molecule has 1 saturated heterocycles. The molecule has 1 fully saturated rings. The van der Waals surface area contributed by atoms with Gasteiger partial charge in [-0.1, -0.05) is 18.2 Å². The highest BCUT2D eigenvalue weighted by molar-refractivity contribution is 7.89. The van der Waals surface area contributed by atoms with Gasteiger partial charge in [-0.2, -0.15) is 4.31 Å². The second-order valence-corrected chi connectivity index (χ2v) is 9.59. The molecule has 0 spiro atoms. The van der Waals surface area contributed by atoms with Crippen LogP contribution >= 0.6 is 0 Å². The molecule has 9 heteroatoms. The van der Waals surface area contributed by atoms with E-state index in [0.717, 1.165) is 17.7 Å². The quantitative estimate of drug-likeness (QED) is 0.520. The van der Waals surface area contributed by atoms with Gasteiger partial charge in [-0.15, -0.1) is 0 Å². The number of carbonyl (C=O) groups excluding carboxylic acids is 1. The molecular formula is C23H23FN2O5S. The molecule has 1 atom stereocenters. The fraction of sp³-hybridized carbons (Fsp3) is 0.304. The number of aryl methyl sites for hydroxylation is 1.